The fourth-order valence-electron chi connectivity index (χ4n) is 4.15. The zero-order valence-electron chi connectivity index (χ0n) is 18.2. The number of carbonyl (C=O) groups excluding carboxylic acids is 1. The Hall–Kier alpha value is -2.17. The lowest BCUT2D eigenvalue weighted by Gasteiger charge is -2.51. The van der Waals surface area contributed by atoms with Crippen molar-refractivity contribution in [2.45, 2.75) is 71.2 Å². The van der Waals surface area contributed by atoms with Gasteiger partial charge in [-0.2, -0.15) is 5.06 Å². The van der Waals surface area contributed by atoms with Gasteiger partial charge in [0.25, 0.3) is 0 Å². The Morgan fingerprint density at radius 1 is 1.00 bits per heavy atom. The Morgan fingerprint density at radius 2 is 1.59 bits per heavy atom. The summed E-state index contributed by atoms with van der Waals surface area (Å²) in [6, 6.07) is 19.7. The smallest absolute Gasteiger partial charge is 0.338 e. The summed E-state index contributed by atoms with van der Waals surface area (Å²) in [5.74, 6) is 0.122. The fourth-order valence-corrected chi connectivity index (χ4v) is 4.15. The lowest BCUT2D eigenvalue weighted by atomic mass is 9.82. The maximum Gasteiger partial charge on any atom is 0.338 e. The van der Waals surface area contributed by atoms with Crippen molar-refractivity contribution >= 4 is 5.97 Å². The number of hydrogen-bond acceptors (Lipinski definition) is 4. The molecule has 2 aromatic carbocycles. The first-order valence-electron chi connectivity index (χ1n) is 10.5. The molecule has 0 amide bonds. The van der Waals surface area contributed by atoms with Gasteiger partial charge >= 0.3 is 5.97 Å². The van der Waals surface area contributed by atoms with Gasteiger partial charge in [0.2, 0.25) is 0 Å². The second kappa shape index (κ2) is 9.10. The number of nitrogens with zero attached hydrogens (tertiary/aromatic N) is 1. The van der Waals surface area contributed by atoms with Crippen LogP contribution in [0, 0.1) is 5.92 Å². The number of carbonyl (C=O) groups is 1. The molecule has 0 spiro atoms. The standard InChI is InChI=1S/C25H33NO3/c1-18(2)23-16-22(28-24(27)21-14-10-7-11-15-21)17-25(4,5)26(23)29-19(3)20-12-8-6-9-13-20/h6-15,18-19,22-23H,16-17H2,1-5H3. The Kier molecular flexibility index (Phi) is 6.76. The van der Waals surface area contributed by atoms with E-state index in [-0.39, 0.29) is 29.8 Å². The van der Waals surface area contributed by atoms with Gasteiger partial charge in [0, 0.05) is 24.4 Å². The average Bonchev–Trinajstić information content (AvgIpc) is 2.70. The van der Waals surface area contributed by atoms with E-state index in [4.69, 9.17) is 9.57 Å². The third-order valence-electron chi connectivity index (χ3n) is 5.72. The van der Waals surface area contributed by atoms with Crippen LogP contribution < -0.4 is 0 Å². The predicted octanol–water partition coefficient (Wildman–Crippen LogP) is 5.80. The lowest BCUT2D eigenvalue weighted by molar-refractivity contribution is -0.295. The van der Waals surface area contributed by atoms with Crippen LogP contribution in [0.3, 0.4) is 0 Å². The van der Waals surface area contributed by atoms with Gasteiger partial charge < -0.3 is 4.74 Å². The molecule has 1 saturated heterocycles. The number of hydroxylamine groups is 2. The summed E-state index contributed by atoms with van der Waals surface area (Å²) in [5, 5.41) is 2.15. The number of piperidine rings is 1. The van der Waals surface area contributed by atoms with Crippen LogP contribution in [0.4, 0.5) is 0 Å². The van der Waals surface area contributed by atoms with Crippen LogP contribution >= 0.6 is 0 Å². The summed E-state index contributed by atoms with van der Waals surface area (Å²) in [7, 11) is 0. The molecule has 3 atom stereocenters. The summed E-state index contributed by atoms with van der Waals surface area (Å²) in [4.78, 5) is 19.1. The molecule has 3 rings (SSSR count). The minimum Gasteiger partial charge on any atom is -0.459 e. The highest BCUT2D eigenvalue weighted by molar-refractivity contribution is 5.89. The topological polar surface area (TPSA) is 38.8 Å². The van der Waals surface area contributed by atoms with Crippen LogP contribution in [-0.2, 0) is 9.57 Å². The van der Waals surface area contributed by atoms with E-state index in [2.05, 4.69) is 51.8 Å². The van der Waals surface area contributed by atoms with Gasteiger partial charge in [-0.1, -0.05) is 62.4 Å². The number of esters is 1. The third kappa shape index (κ3) is 5.26. The number of ether oxygens (including phenoxy) is 1. The molecule has 0 aromatic heterocycles. The number of hydrogen-bond donors (Lipinski definition) is 0. The van der Waals surface area contributed by atoms with E-state index in [0.717, 1.165) is 18.4 Å². The van der Waals surface area contributed by atoms with Gasteiger partial charge in [0.15, 0.2) is 0 Å². The minimum absolute atomic E-state index is 0.0415. The third-order valence-corrected chi connectivity index (χ3v) is 5.72. The highest BCUT2D eigenvalue weighted by atomic mass is 16.7. The largest absolute Gasteiger partial charge is 0.459 e. The van der Waals surface area contributed by atoms with Crippen molar-refractivity contribution in [2.75, 3.05) is 0 Å². The Morgan fingerprint density at radius 3 is 2.17 bits per heavy atom. The van der Waals surface area contributed by atoms with Gasteiger partial charge in [0.05, 0.1) is 5.56 Å². The molecule has 2 aromatic rings. The first kappa shape index (κ1) is 21.5. The molecule has 3 unspecified atom stereocenters. The quantitative estimate of drug-likeness (QED) is 0.579. The van der Waals surface area contributed by atoms with Crippen LogP contribution in [0.25, 0.3) is 0 Å². The molecule has 0 aliphatic carbocycles. The normalized spacial score (nSPS) is 23.0. The van der Waals surface area contributed by atoms with E-state index in [1.54, 1.807) is 12.1 Å². The molecule has 0 radical (unpaired) electrons. The first-order chi connectivity index (χ1) is 13.8. The van der Waals surface area contributed by atoms with Gasteiger partial charge in [0.1, 0.15) is 12.2 Å². The van der Waals surface area contributed by atoms with Gasteiger partial charge in [-0.25, -0.2) is 4.79 Å². The molecule has 1 aliphatic rings. The van der Waals surface area contributed by atoms with Crippen molar-refractivity contribution in [2.24, 2.45) is 5.92 Å². The highest BCUT2D eigenvalue weighted by Crippen LogP contribution is 2.38. The molecule has 0 N–H and O–H groups in total. The van der Waals surface area contributed by atoms with Gasteiger partial charge in [-0.15, -0.1) is 0 Å². The van der Waals surface area contributed by atoms with E-state index in [1.807, 2.05) is 36.4 Å². The summed E-state index contributed by atoms with van der Waals surface area (Å²) in [6.07, 6.45) is 1.33. The molecule has 0 bridgehead atoms. The molecule has 4 heteroatoms. The summed E-state index contributed by atoms with van der Waals surface area (Å²) in [6.45, 7) is 10.8. The fraction of sp³-hybridized carbons (Fsp3) is 0.480. The Balaban J connectivity index is 1.74. The van der Waals surface area contributed by atoms with Gasteiger partial charge in [-0.05, 0) is 44.4 Å². The van der Waals surface area contributed by atoms with Crippen molar-refractivity contribution in [1.82, 2.24) is 5.06 Å². The van der Waals surface area contributed by atoms with E-state index in [1.165, 1.54) is 0 Å². The van der Waals surface area contributed by atoms with E-state index in [9.17, 15) is 4.79 Å². The molecule has 29 heavy (non-hydrogen) atoms. The molecule has 4 nitrogen and oxygen atoms in total. The zero-order chi connectivity index (χ0) is 21.0. The molecule has 1 aliphatic heterocycles. The minimum atomic E-state index is -0.252. The number of benzene rings is 2. The lowest BCUT2D eigenvalue weighted by Crippen LogP contribution is -2.58. The summed E-state index contributed by atoms with van der Waals surface area (Å²) < 4.78 is 5.91. The van der Waals surface area contributed by atoms with Crippen LogP contribution in [-0.4, -0.2) is 28.7 Å². The maximum atomic E-state index is 12.6. The van der Waals surface area contributed by atoms with Crippen LogP contribution in [0.1, 0.15) is 69.5 Å². The van der Waals surface area contributed by atoms with Crippen molar-refractivity contribution < 1.29 is 14.4 Å². The van der Waals surface area contributed by atoms with Crippen molar-refractivity contribution in [3.8, 4) is 0 Å². The molecule has 1 heterocycles. The summed E-state index contributed by atoms with van der Waals surface area (Å²) >= 11 is 0. The van der Waals surface area contributed by atoms with Crippen LogP contribution in [0.15, 0.2) is 60.7 Å². The number of rotatable bonds is 6. The zero-order valence-corrected chi connectivity index (χ0v) is 18.2. The van der Waals surface area contributed by atoms with Crippen molar-refractivity contribution in [1.29, 1.82) is 0 Å². The monoisotopic (exact) mass is 395 g/mol. The molecule has 1 fully saturated rings. The van der Waals surface area contributed by atoms with Gasteiger partial charge in [-0.3, -0.25) is 4.84 Å². The van der Waals surface area contributed by atoms with E-state index < -0.39 is 0 Å². The van der Waals surface area contributed by atoms with Crippen molar-refractivity contribution in [3.63, 3.8) is 0 Å². The Bertz CT molecular complexity index is 788. The predicted molar refractivity (Wildman–Crippen MR) is 115 cm³/mol. The first-order valence-corrected chi connectivity index (χ1v) is 10.5. The molecular weight excluding hydrogens is 362 g/mol. The van der Waals surface area contributed by atoms with E-state index >= 15 is 0 Å². The maximum absolute atomic E-state index is 12.6. The SMILES string of the molecule is CC(ON1C(C(C)C)CC(OC(=O)c2ccccc2)CC1(C)C)c1ccccc1. The highest BCUT2D eigenvalue weighted by Gasteiger charge is 2.45. The average molecular weight is 396 g/mol. The van der Waals surface area contributed by atoms with Crippen LogP contribution in [0.5, 0.6) is 0 Å². The second-order valence-electron chi connectivity index (χ2n) is 8.94. The molecule has 0 saturated carbocycles. The Labute approximate surface area is 174 Å². The molecular formula is C25H33NO3. The second-order valence-corrected chi connectivity index (χ2v) is 8.94. The van der Waals surface area contributed by atoms with Crippen molar-refractivity contribution in [3.05, 3.63) is 71.8 Å². The van der Waals surface area contributed by atoms with Crippen LogP contribution in [0.2, 0.25) is 0 Å². The summed E-state index contributed by atoms with van der Waals surface area (Å²) in [5.41, 5.74) is 1.50. The molecule has 156 valence electrons. The van der Waals surface area contributed by atoms with E-state index in [0.29, 0.717) is 11.5 Å².